The lowest BCUT2D eigenvalue weighted by atomic mass is 10.2. The number of aryl methyl sites for hydroxylation is 2. The molecule has 1 aliphatic heterocycles. The van der Waals surface area contributed by atoms with E-state index in [0.717, 1.165) is 22.5 Å². The fourth-order valence-electron chi connectivity index (χ4n) is 3.59. The molecule has 1 saturated heterocycles. The van der Waals surface area contributed by atoms with E-state index in [9.17, 15) is 25.6 Å². The molecule has 0 unspecified atom stereocenters. The van der Waals surface area contributed by atoms with Crippen molar-refractivity contribution < 1.29 is 25.6 Å². The van der Waals surface area contributed by atoms with Crippen molar-refractivity contribution in [2.24, 2.45) is 7.05 Å². The second kappa shape index (κ2) is 8.33. The van der Waals surface area contributed by atoms with E-state index in [2.05, 4.69) is 5.10 Å². The van der Waals surface area contributed by atoms with Crippen LogP contribution in [0.15, 0.2) is 23.1 Å². The quantitative estimate of drug-likeness (QED) is 0.672. The second-order valence-electron chi connectivity index (χ2n) is 7.27. The smallest absolute Gasteiger partial charge is 0.246 e. The van der Waals surface area contributed by atoms with Crippen LogP contribution < -0.4 is 0 Å². The van der Waals surface area contributed by atoms with E-state index in [4.69, 9.17) is 0 Å². The van der Waals surface area contributed by atoms with Gasteiger partial charge in [0.25, 0.3) is 0 Å². The van der Waals surface area contributed by atoms with E-state index < -0.39 is 37.4 Å². The summed E-state index contributed by atoms with van der Waals surface area (Å²) in [6, 6.07) is 2.66. The summed E-state index contributed by atoms with van der Waals surface area (Å²) in [7, 11) is -6.15. The Morgan fingerprint density at radius 2 is 1.63 bits per heavy atom. The van der Waals surface area contributed by atoms with Gasteiger partial charge in [0.2, 0.25) is 20.0 Å². The van der Waals surface area contributed by atoms with E-state index in [0.29, 0.717) is 11.4 Å². The number of benzene rings is 1. The normalized spacial score (nSPS) is 17.2. The van der Waals surface area contributed by atoms with Crippen molar-refractivity contribution in [1.29, 1.82) is 0 Å². The summed E-state index contributed by atoms with van der Waals surface area (Å²) in [6.07, 6.45) is 0.280. The van der Waals surface area contributed by atoms with Crippen molar-refractivity contribution >= 4 is 20.0 Å². The number of halogens is 2. The van der Waals surface area contributed by atoms with Crippen LogP contribution >= 0.6 is 0 Å². The monoisotopic (exact) mass is 462 g/mol. The molecule has 0 spiro atoms. The predicted molar refractivity (Wildman–Crippen MR) is 107 cm³/mol. The SMILES string of the molecule is Cc1nn(C)c(C)c1S(=O)(=O)N1CCCN(S(=O)(=O)Cc2cc(F)ccc2F)CC1. The zero-order valence-corrected chi connectivity index (χ0v) is 18.6. The molecule has 0 saturated carbocycles. The van der Waals surface area contributed by atoms with Gasteiger partial charge in [-0.3, -0.25) is 4.68 Å². The molecule has 0 bridgehead atoms. The third-order valence-corrected chi connectivity index (χ3v) is 9.17. The molecule has 0 aliphatic carbocycles. The lowest BCUT2D eigenvalue weighted by Crippen LogP contribution is -2.38. The van der Waals surface area contributed by atoms with E-state index >= 15 is 0 Å². The molecule has 0 atom stereocenters. The number of hydrogen-bond donors (Lipinski definition) is 0. The van der Waals surface area contributed by atoms with Crippen molar-refractivity contribution in [3.05, 3.63) is 46.8 Å². The molecule has 1 aliphatic rings. The van der Waals surface area contributed by atoms with Gasteiger partial charge in [0.15, 0.2) is 0 Å². The summed E-state index contributed by atoms with van der Waals surface area (Å²) in [4.78, 5) is 0.128. The molecule has 8 nitrogen and oxygen atoms in total. The van der Waals surface area contributed by atoms with Crippen molar-refractivity contribution in [1.82, 2.24) is 18.4 Å². The highest BCUT2D eigenvalue weighted by molar-refractivity contribution is 7.89. The van der Waals surface area contributed by atoms with Crippen LogP contribution in [0.3, 0.4) is 0 Å². The van der Waals surface area contributed by atoms with Crippen LogP contribution in [0.25, 0.3) is 0 Å². The lowest BCUT2D eigenvalue weighted by Gasteiger charge is -2.22. The van der Waals surface area contributed by atoms with Crippen molar-refractivity contribution in [3.8, 4) is 0 Å². The largest absolute Gasteiger partial charge is 0.271 e. The van der Waals surface area contributed by atoms with Crippen molar-refractivity contribution in [2.75, 3.05) is 26.2 Å². The lowest BCUT2D eigenvalue weighted by molar-refractivity contribution is 0.403. The molecule has 1 aromatic carbocycles. The molecular formula is C18H24F2N4O4S2. The Bertz CT molecular complexity index is 1160. The number of aromatic nitrogens is 2. The van der Waals surface area contributed by atoms with Crippen molar-refractivity contribution in [2.45, 2.75) is 30.9 Å². The maximum absolute atomic E-state index is 13.9. The molecule has 0 radical (unpaired) electrons. The van der Waals surface area contributed by atoms with Crippen LogP contribution in [-0.2, 0) is 32.8 Å². The van der Waals surface area contributed by atoms with Crippen LogP contribution in [0, 0.1) is 25.5 Å². The average Bonchev–Trinajstić information content (AvgIpc) is 2.83. The number of nitrogens with zero attached hydrogens (tertiary/aromatic N) is 4. The van der Waals surface area contributed by atoms with Gasteiger partial charge >= 0.3 is 0 Å². The number of rotatable bonds is 5. The minimum atomic E-state index is -3.96. The van der Waals surface area contributed by atoms with Crippen LogP contribution in [-0.4, -0.2) is 61.4 Å². The van der Waals surface area contributed by atoms with Gasteiger partial charge in [0.1, 0.15) is 16.5 Å². The molecule has 1 fully saturated rings. The average molecular weight is 463 g/mol. The van der Waals surface area contributed by atoms with Crippen LogP contribution in [0.5, 0.6) is 0 Å². The standard InChI is InChI=1S/C18H24F2N4O4S2/c1-13-18(14(2)22(3)21-13)30(27,28)24-8-4-7-23(9-10-24)29(25,26)12-15-11-16(19)5-6-17(15)20/h5-6,11H,4,7-10,12H2,1-3H3. The zero-order valence-electron chi connectivity index (χ0n) is 17.0. The molecular weight excluding hydrogens is 438 g/mol. The maximum Gasteiger partial charge on any atom is 0.246 e. The first-order chi connectivity index (χ1) is 13.9. The highest BCUT2D eigenvalue weighted by Gasteiger charge is 2.34. The van der Waals surface area contributed by atoms with E-state index in [1.165, 1.54) is 8.99 Å². The van der Waals surface area contributed by atoms with Crippen molar-refractivity contribution in [3.63, 3.8) is 0 Å². The zero-order chi connectivity index (χ0) is 22.3. The molecule has 1 aromatic heterocycles. The molecule has 30 heavy (non-hydrogen) atoms. The first-order valence-corrected chi connectivity index (χ1v) is 12.4. The number of sulfonamides is 2. The van der Waals surface area contributed by atoms with Gasteiger partial charge in [0, 0.05) is 38.8 Å². The Kier molecular flexibility index (Phi) is 6.33. The van der Waals surface area contributed by atoms with E-state index in [1.807, 2.05) is 0 Å². The third kappa shape index (κ3) is 4.41. The van der Waals surface area contributed by atoms with Gasteiger partial charge in [-0.1, -0.05) is 0 Å². The molecule has 2 aromatic rings. The van der Waals surface area contributed by atoms with Crippen LogP contribution in [0.4, 0.5) is 8.78 Å². The van der Waals surface area contributed by atoms with Gasteiger partial charge in [-0.25, -0.2) is 29.9 Å². The van der Waals surface area contributed by atoms with E-state index in [1.54, 1.807) is 20.9 Å². The van der Waals surface area contributed by atoms with Crippen LogP contribution in [0.2, 0.25) is 0 Å². The van der Waals surface area contributed by atoms with E-state index in [-0.39, 0.29) is 43.1 Å². The Labute approximate surface area is 175 Å². The third-order valence-electron chi connectivity index (χ3n) is 5.19. The Morgan fingerprint density at radius 1 is 1.00 bits per heavy atom. The first kappa shape index (κ1) is 22.8. The van der Waals surface area contributed by atoms with Gasteiger partial charge in [-0.15, -0.1) is 0 Å². The molecule has 0 amide bonds. The molecule has 12 heteroatoms. The molecule has 166 valence electrons. The Hall–Kier alpha value is -1.89. The molecule has 3 rings (SSSR count). The maximum atomic E-state index is 13.9. The van der Waals surface area contributed by atoms with Gasteiger partial charge in [0.05, 0.1) is 17.1 Å². The highest BCUT2D eigenvalue weighted by atomic mass is 32.2. The minimum Gasteiger partial charge on any atom is -0.271 e. The predicted octanol–water partition coefficient (Wildman–Crippen LogP) is 1.54. The second-order valence-corrected chi connectivity index (χ2v) is 11.1. The topological polar surface area (TPSA) is 92.6 Å². The molecule has 0 N–H and O–H groups in total. The summed E-state index contributed by atoms with van der Waals surface area (Å²) in [5, 5.41) is 4.15. The fourth-order valence-corrected chi connectivity index (χ4v) is 7.02. The summed E-state index contributed by atoms with van der Waals surface area (Å²) < 4.78 is 83.0. The Balaban J connectivity index is 1.79. The number of hydrogen-bond acceptors (Lipinski definition) is 5. The van der Waals surface area contributed by atoms with Gasteiger partial charge in [-0.2, -0.15) is 9.40 Å². The Morgan fingerprint density at radius 3 is 2.27 bits per heavy atom. The van der Waals surface area contributed by atoms with Gasteiger partial charge in [-0.05, 0) is 38.5 Å². The molecule has 2 heterocycles. The van der Waals surface area contributed by atoms with Crippen LogP contribution in [0.1, 0.15) is 23.4 Å². The summed E-state index contributed by atoms with van der Waals surface area (Å²) in [5.74, 6) is -2.22. The fraction of sp³-hybridized carbons (Fsp3) is 0.500. The summed E-state index contributed by atoms with van der Waals surface area (Å²) >= 11 is 0. The summed E-state index contributed by atoms with van der Waals surface area (Å²) in [6.45, 7) is 3.40. The first-order valence-electron chi connectivity index (χ1n) is 9.35. The highest BCUT2D eigenvalue weighted by Crippen LogP contribution is 2.25. The van der Waals surface area contributed by atoms with Gasteiger partial charge < -0.3 is 0 Å². The summed E-state index contributed by atoms with van der Waals surface area (Å²) in [5.41, 5.74) is 0.624. The minimum absolute atomic E-state index is 0.0407.